The summed E-state index contributed by atoms with van der Waals surface area (Å²) in [5.41, 5.74) is 3.09. The quantitative estimate of drug-likeness (QED) is 0.896. The number of hydrogen-bond acceptors (Lipinski definition) is 2. The molecule has 0 fully saturated rings. The van der Waals surface area contributed by atoms with Crippen molar-refractivity contribution in [2.75, 3.05) is 11.9 Å². The van der Waals surface area contributed by atoms with Gasteiger partial charge in [0.1, 0.15) is 5.82 Å². The molecule has 1 N–H and O–H groups in total. The molecule has 98 valence electrons. The van der Waals surface area contributed by atoms with Gasteiger partial charge in [0.05, 0.1) is 5.69 Å². The van der Waals surface area contributed by atoms with E-state index in [0.717, 1.165) is 18.5 Å². The van der Waals surface area contributed by atoms with Crippen molar-refractivity contribution in [2.24, 2.45) is 0 Å². The van der Waals surface area contributed by atoms with Crippen molar-refractivity contribution in [3.63, 3.8) is 0 Å². The molecule has 0 spiro atoms. The predicted octanol–water partition coefficient (Wildman–Crippen LogP) is 4.26. The second-order valence-corrected chi connectivity index (χ2v) is 6.26. The van der Waals surface area contributed by atoms with Gasteiger partial charge in [0.25, 0.3) is 0 Å². The van der Waals surface area contributed by atoms with Crippen LogP contribution in [0, 0.1) is 12.7 Å². The fraction of sp³-hybridized carbons (Fsp3) is 0.250. The highest BCUT2D eigenvalue weighted by Crippen LogP contribution is 2.36. The second kappa shape index (κ2) is 5.25. The molecule has 3 heteroatoms. The Hall–Kier alpha value is -1.48. The SMILES string of the molecule is Cc1ccc(F)c(NCC2Cc3ccccc3S2)c1. The van der Waals surface area contributed by atoms with Crippen molar-refractivity contribution in [1.82, 2.24) is 0 Å². The number of hydrogen-bond donors (Lipinski definition) is 1. The molecule has 2 aromatic rings. The van der Waals surface area contributed by atoms with Crippen LogP contribution in [-0.4, -0.2) is 11.8 Å². The standard InChI is InChI=1S/C16H16FNS/c1-11-6-7-14(17)15(8-11)18-10-13-9-12-4-2-3-5-16(12)19-13/h2-8,13,18H,9-10H2,1H3. The number of rotatable bonds is 3. The predicted molar refractivity (Wildman–Crippen MR) is 79.4 cm³/mol. The van der Waals surface area contributed by atoms with Crippen LogP contribution in [0.1, 0.15) is 11.1 Å². The van der Waals surface area contributed by atoms with Crippen molar-refractivity contribution < 1.29 is 4.39 Å². The maximum atomic E-state index is 13.6. The molecule has 3 rings (SSSR count). The molecular formula is C16H16FNS. The summed E-state index contributed by atoms with van der Waals surface area (Å²) in [4.78, 5) is 1.36. The molecule has 0 radical (unpaired) electrons. The van der Waals surface area contributed by atoms with Crippen LogP contribution in [0.25, 0.3) is 0 Å². The van der Waals surface area contributed by atoms with E-state index < -0.39 is 0 Å². The van der Waals surface area contributed by atoms with Crippen LogP contribution in [-0.2, 0) is 6.42 Å². The Morgan fingerprint density at radius 1 is 1.26 bits per heavy atom. The zero-order valence-electron chi connectivity index (χ0n) is 10.8. The summed E-state index contributed by atoms with van der Waals surface area (Å²) in [6, 6.07) is 13.7. The molecule has 0 saturated heterocycles. The molecule has 1 atom stereocenters. The Bertz CT molecular complexity index is 572. The molecule has 1 nitrogen and oxygen atoms in total. The lowest BCUT2D eigenvalue weighted by Gasteiger charge is -2.12. The van der Waals surface area contributed by atoms with Gasteiger partial charge in [-0.3, -0.25) is 0 Å². The number of aryl methyl sites for hydroxylation is 1. The summed E-state index contributed by atoms with van der Waals surface area (Å²) in [7, 11) is 0. The minimum Gasteiger partial charge on any atom is -0.382 e. The highest BCUT2D eigenvalue weighted by atomic mass is 32.2. The van der Waals surface area contributed by atoms with Gasteiger partial charge in [-0.2, -0.15) is 0 Å². The van der Waals surface area contributed by atoms with Gasteiger partial charge in [-0.1, -0.05) is 24.3 Å². The summed E-state index contributed by atoms with van der Waals surface area (Å²) in [6.45, 7) is 2.77. The van der Waals surface area contributed by atoms with Crippen LogP contribution >= 0.6 is 11.8 Å². The van der Waals surface area contributed by atoms with Crippen LogP contribution in [0.3, 0.4) is 0 Å². The lowest BCUT2D eigenvalue weighted by Crippen LogP contribution is -2.16. The van der Waals surface area contributed by atoms with Crippen molar-refractivity contribution in [1.29, 1.82) is 0 Å². The van der Waals surface area contributed by atoms with E-state index >= 15 is 0 Å². The highest BCUT2D eigenvalue weighted by molar-refractivity contribution is 8.00. The van der Waals surface area contributed by atoms with Gasteiger partial charge in [0.15, 0.2) is 0 Å². The molecule has 1 heterocycles. The van der Waals surface area contributed by atoms with Gasteiger partial charge < -0.3 is 5.32 Å². The molecule has 0 saturated carbocycles. The number of anilines is 1. The molecule has 19 heavy (non-hydrogen) atoms. The molecule has 2 aromatic carbocycles. The molecule has 1 aliphatic heterocycles. The van der Waals surface area contributed by atoms with Gasteiger partial charge in [-0.15, -0.1) is 11.8 Å². The molecular weight excluding hydrogens is 257 g/mol. The molecule has 0 aromatic heterocycles. The summed E-state index contributed by atoms with van der Waals surface area (Å²) < 4.78 is 13.6. The lowest BCUT2D eigenvalue weighted by molar-refractivity contribution is 0.629. The maximum absolute atomic E-state index is 13.6. The largest absolute Gasteiger partial charge is 0.382 e. The van der Waals surface area contributed by atoms with E-state index in [1.807, 2.05) is 24.8 Å². The third-order valence-corrected chi connectivity index (χ3v) is 4.67. The minimum absolute atomic E-state index is 0.175. The number of fused-ring (bicyclic) bond motifs is 1. The van der Waals surface area contributed by atoms with E-state index in [1.54, 1.807) is 6.07 Å². The summed E-state index contributed by atoms with van der Waals surface area (Å²) >= 11 is 1.88. The Balaban J connectivity index is 1.64. The molecule has 1 aliphatic rings. The van der Waals surface area contributed by atoms with Crippen molar-refractivity contribution in [2.45, 2.75) is 23.5 Å². The fourth-order valence-corrected chi connectivity index (χ4v) is 3.61. The van der Waals surface area contributed by atoms with E-state index in [1.165, 1.54) is 16.5 Å². The zero-order chi connectivity index (χ0) is 13.2. The van der Waals surface area contributed by atoms with Crippen molar-refractivity contribution >= 4 is 17.4 Å². The average Bonchev–Trinajstić information content (AvgIpc) is 2.82. The minimum atomic E-state index is -0.175. The van der Waals surface area contributed by atoms with E-state index in [2.05, 4.69) is 29.6 Å². The Morgan fingerprint density at radius 3 is 2.95 bits per heavy atom. The first-order chi connectivity index (χ1) is 9.22. The highest BCUT2D eigenvalue weighted by Gasteiger charge is 2.21. The third kappa shape index (κ3) is 2.76. The number of nitrogens with one attached hydrogen (secondary N) is 1. The van der Waals surface area contributed by atoms with Crippen LogP contribution in [0.15, 0.2) is 47.4 Å². The van der Waals surface area contributed by atoms with E-state index in [4.69, 9.17) is 0 Å². The average molecular weight is 273 g/mol. The first kappa shape index (κ1) is 12.5. The molecule has 0 amide bonds. The zero-order valence-corrected chi connectivity index (χ0v) is 11.6. The number of thioether (sulfide) groups is 1. The van der Waals surface area contributed by atoms with Gasteiger partial charge in [0, 0.05) is 16.7 Å². The molecule has 0 aliphatic carbocycles. The van der Waals surface area contributed by atoms with Crippen LogP contribution < -0.4 is 5.32 Å². The smallest absolute Gasteiger partial charge is 0.146 e. The third-order valence-electron chi connectivity index (χ3n) is 3.36. The normalized spacial score (nSPS) is 17.3. The Morgan fingerprint density at radius 2 is 2.11 bits per heavy atom. The van der Waals surface area contributed by atoms with Gasteiger partial charge in [-0.05, 0) is 42.7 Å². The van der Waals surface area contributed by atoms with E-state index in [0.29, 0.717) is 10.9 Å². The van der Waals surface area contributed by atoms with Gasteiger partial charge in [-0.25, -0.2) is 4.39 Å². The topological polar surface area (TPSA) is 12.0 Å². The van der Waals surface area contributed by atoms with Crippen LogP contribution in [0.2, 0.25) is 0 Å². The Kier molecular flexibility index (Phi) is 3.47. The van der Waals surface area contributed by atoms with Gasteiger partial charge in [0.2, 0.25) is 0 Å². The van der Waals surface area contributed by atoms with Crippen LogP contribution in [0.5, 0.6) is 0 Å². The second-order valence-electron chi connectivity index (χ2n) is 4.92. The van der Waals surface area contributed by atoms with Crippen LogP contribution in [0.4, 0.5) is 10.1 Å². The fourth-order valence-electron chi connectivity index (χ4n) is 2.37. The monoisotopic (exact) mass is 273 g/mol. The van der Waals surface area contributed by atoms with Crippen molar-refractivity contribution in [3.05, 3.63) is 59.4 Å². The lowest BCUT2D eigenvalue weighted by atomic mass is 10.1. The first-order valence-electron chi connectivity index (χ1n) is 6.47. The van der Waals surface area contributed by atoms with Crippen molar-refractivity contribution in [3.8, 4) is 0 Å². The Labute approximate surface area is 117 Å². The number of halogens is 1. The maximum Gasteiger partial charge on any atom is 0.146 e. The number of benzene rings is 2. The van der Waals surface area contributed by atoms with E-state index in [9.17, 15) is 4.39 Å². The summed E-state index contributed by atoms with van der Waals surface area (Å²) in [5.74, 6) is -0.175. The van der Waals surface area contributed by atoms with Gasteiger partial charge >= 0.3 is 0 Å². The summed E-state index contributed by atoms with van der Waals surface area (Å²) in [5, 5.41) is 3.72. The molecule has 0 bridgehead atoms. The summed E-state index contributed by atoms with van der Waals surface area (Å²) in [6.07, 6.45) is 1.06. The first-order valence-corrected chi connectivity index (χ1v) is 7.35. The molecule has 1 unspecified atom stereocenters. The van der Waals surface area contributed by atoms with E-state index in [-0.39, 0.29) is 5.82 Å².